The van der Waals surface area contributed by atoms with E-state index in [4.69, 9.17) is 10.5 Å². The van der Waals surface area contributed by atoms with Gasteiger partial charge in [0, 0.05) is 11.1 Å². The molecule has 0 fully saturated rings. The molecule has 0 amide bonds. The smallest absolute Gasteiger partial charge is 0.124 e. The van der Waals surface area contributed by atoms with Crippen LogP contribution < -0.4 is 10.5 Å². The van der Waals surface area contributed by atoms with E-state index in [1.807, 2.05) is 0 Å². The van der Waals surface area contributed by atoms with Gasteiger partial charge in [-0.15, -0.1) is 0 Å². The Morgan fingerprint density at radius 1 is 1.19 bits per heavy atom. The lowest BCUT2D eigenvalue weighted by atomic mass is 9.81. The highest BCUT2D eigenvalue weighted by Gasteiger charge is 2.37. The van der Waals surface area contributed by atoms with E-state index in [9.17, 15) is 0 Å². The standard InChI is InChI=1S/C18H32N2O/c1-8-18(6,20(9-2)10-3)17(19)16-14(5)11-13(4)12-15(16)21-7/h11-12,17H,8-10,19H2,1-7H3. The molecule has 0 bridgehead atoms. The SMILES string of the molecule is CCN(CC)C(C)(CC)C(N)c1c(C)cc(C)cc1OC. The van der Waals surface area contributed by atoms with Gasteiger partial charge in [-0.2, -0.15) is 0 Å². The first-order chi connectivity index (χ1) is 9.85. The Balaban J connectivity index is 3.37. The summed E-state index contributed by atoms with van der Waals surface area (Å²) in [5.41, 5.74) is 10.2. The van der Waals surface area contributed by atoms with Crippen molar-refractivity contribution in [2.75, 3.05) is 20.2 Å². The van der Waals surface area contributed by atoms with Crippen LogP contribution >= 0.6 is 0 Å². The molecule has 0 saturated heterocycles. The third-order valence-corrected chi connectivity index (χ3v) is 4.90. The molecule has 1 rings (SSSR count). The Kier molecular flexibility index (Phi) is 6.24. The van der Waals surface area contributed by atoms with Gasteiger partial charge in [0.05, 0.1) is 13.2 Å². The Bertz CT molecular complexity index is 469. The van der Waals surface area contributed by atoms with Crippen molar-refractivity contribution in [3.05, 3.63) is 28.8 Å². The van der Waals surface area contributed by atoms with Gasteiger partial charge >= 0.3 is 0 Å². The van der Waals surface area contributed by atoms with E-state index in [-0.39, 0.29) is 11.6 Å². The second kappa shape index (κ2) is 7.28. The lowest BCUT2D eigenvalue weighted by Crippen LogP contribution is -2.53. The quantitative estimate of drug-likeness (QED) is 0.830. The minimum atomic E-state index is -0.0726. The summed E-state index contributed by atoms with van der Waals surface area (Å²) in [5.74, 6) is 0.909. The minimum absolute atomic E-state index is 0.0713. The van der Waals surface area contributed by atoms with Crippen molar-refractivity contribution in [2.24, 2.45) is 5.73 Å². The van der Waals surface area contributed by atoms with E-state index in [1.165, 1.54) is 11.1 Å². The molecule has 3 nitrogen and oxygen atoms in total. The van der Waals surface area contributed by atoms with Crippen molar-refractivity contribution in [3.8, 4) is 5.75 Å². The summed E-state index contributed by atoms with van der Waals surface area (Å²) in [7, 11) is 1.73. The van der Waals surface area contributed by atoms with Crippen LogP contribution in [-0.4, -0.2) is 30.6 Å². The first kappa shape index (κ1) is 18.0. The molecule has 1 aromatic carbocycles. The zero-order valence-corrected chi connectivity index (χ0v) is 14.8. The van der Waals surface area contributed by atoms with E-state index in [0.717, 1.165) is 30.8 Å². The second-order valence-corrected chi connectivity index (χ2v) is 6.06. The zero-order chi connectivity index (χ0) is 16.2. The largest absolute Gasteiger partial charge is 0.496 e. The molecule has 0 aromatic heterocycles. The summed E-state index contributed by atoms with van der Waals surface area (Å²) in [6.07, 6.45) is 1.01. The zero-order valence-electron chi connectivity index (χ0n) is 14.8. The maximum absolute atomic E-state index is 6.74. The van der Waals surface area contributed by atoms with Crippen LogP contribution in [0, 0.1) is 13.8 Å². The molecule has 2 unspecified atom stereocenters. The normalized spacial score (nSPS) is 15.9. The number of nitrogens with two attached hydrogens (primary N) is 1. The minimum Gasteiger partial charge on any atom is -0.496 e. The molecule has 2 atom stereocenters. The lowest BCUT2D eigenvalue weighted by Gasteiger charge is -2.45. The summed E-state index contributed by atoms with van der Waals surface area (Å²) in [6.45, 7) is 15.1. The van der Waals surface area contributed by atoms with Gasteiger partial charge in [-0.3, -0.25) is 4.90 Å². The molecule has 2 N–H and O–H groups in total. The predicted molar refractivity (Wildman–Crippen MR) is 91.0 cm³/mol. The molecular formula is C18H32N2O. The average Bonchev–Trinajstić information content (AvgIpc) is 2.46. The summed E-state index contributed by atoms with van der Waals surface area (Å²) in [4.78, 5) is 2.45. The fourth-order valence-electron chi connectivity index (χ4n) is 3.40. The van der Waals surface area contributed by atoms with Gasteiger partial charge in [-0.05, 0) is 57.5 Å². The highest BCUT2D eigenvalue weighted by atomic mass is 16.5. The number of methoxy groups -OCH3 is 1. The average molecular weight is 292 g/mol. The van der Waals surface area contributed by atoms with Crippen LogP contribution in [0.25, 0.3) is 0 Å². The Hall–Kier alpha value is -1.06. The highest BCUT2D eigenvalue weighted by molar-refractivity contribution is 5.46. The van der Waals surface area contributed by atoms with E-state index in [2.05, 4.69) is 58.6 Å². The number of hydrogen-bond acceptors (Lipinski definition) is 3. The van der Waals surface area contributed by atoms with Gasteiger partial charge in [-0.1, -0.05) is 26.8 Å². The lowest BCUT2D eigenvalue weighted by molar-refractivity contribution is 0.0833. The number of rotatable bonds is 7. The third kappa shape index (κ3) is 3.41. The van der Waals surface area contributed by atoms with Crippen LogP contribution in [0.1, 0.15) is 56.8 Å². The van der Waals surface area contributed by atoms with Gasteiger partial charge in [0.25, 0.3) is 0 Å². The van der Waals surface area contributed by atoms with Gasteiger partial charge < -0.3 is 10.5 Å². The van der Waals surface area contributed by atoms with Crippen LogP contribution in [0.2, 0.25) is 0 Å². The number of nitrogens with zero attached hydrogens (tertiary/aromatic N) is 1. The highest BCUT2D eigenvalue weighted by Crippen LogP contribution is 2.38. The number of ether oxygens (including phenoxy) is 1. The molecule has 0 aliphatic carbocycles. The van der Waals surface area contributed by atoms with Crippen molar-refractivity contribution in [1.82, 2.24) is 4.90 Å². The van der Waals surface area contributed by atoms with Crippen LogP contribution in [0.5, 0.6) is 5.75 Å². The van der Waals surface area contributed by atoms with Crippen molar-refractivity contribution in [1.29, 1.82) is 0 Å². The molecule has 0 aliphatic rings. The Morgan fingerprint density at radius 2 is 1.76 bits per heavy atom. The fraction of sp³-hybridized carbons (Fsp3) is 0.667. The molecule has 1 aromatic rings. The Morgan fingerprint density at radius 3 is 2.19 bits per heavy atom. The topological polar surface area (TPSA) is 38.5 Å². The number of aryl methyl sites for hydroxylation is 2. The van der Waals surface area contributed by atoms with E-state index >= 15 is 0 Å². The van der Waals surface area contributed by atoms with Crippen molar-refractivity contribution in [3.63, 3.8) is 0 Å². The van der Waals surface area contributed by atoms with Gasteiger partial charge in [0.1, 0.15) is 5.75 Å². The molecule has 0 radical (unpaired) electrons. The first-order valence-electron chi connectivity index (χ1n) is 8.01. The fourth-order valence-corrected chi connectivity index (χ4v) is 3.40. The molecule has 120 valence electrons. The first-order valence-corrected chi connectivity index (χ1v) is 8.01. The molecule has 0 heterocycles. The maximum Gasteiger partial charge on any atom is 0.124 e. The van der Waals surface area contributed by atoms with E-state index < -0.39 is 0 Å². The van der Waals surface area contributed by atoms with Gasteiger partial charge in [0.15, 0.2) is 0 Å². The van der Waals surface area contributed by atoms with Crippen molar-refractivity contribution < 1.29 is 4.74 Å². The van der Waals surface area contributed by atoms with E-state index in [0.29, 0.717) is 0 Å². The second-order valence-electron chi connectivity index (χ2n) is 6.06. The van der Waals surface area contributed by atoms with Crippen LogP contribution in [0.15, 0.2) is 12.1 Å². The molecule has 21 heavy (non-hydrogen) atoms. The van der Waals surface area contributed by atoms with E-state index in [1.54, 1.807) is 7.11 Å². The Labute approximate surface area is 130 Å². The van der Waals surface area contributed by atoms with Crippen molar-refractivity contribution >= 4 is 0 Å². The summed E-state index contributed by atoms with van der Waals surface area (Å²) < 4.78 is 5.62. The monoisotopic (exact) mass is 292 g/mol. The maximum atomic E-state index is 6.74. The number of likely N-dealkylation sites (N-methyl/N-ethyl adjacent to an activating group) is 1. The van der Waals surface area contributed by atoms with Crippen LogP contribution in [0.3, 0.4) is 0 Å². The molecule has 0 saturated carbocycles. The number of hydrogen-bond donors (Lipinski definition) is 1. The molecular weight excluding hydrogens is 260 g/mol. The molecule has 0 spiro atoms. The molecule has 3 heteroatoms. The van der Waals surface area contributed by atoms with Crippen molar-refractivity contribution in [2.45, 2.75) is 59.5 Å². The van der Waals surface area contributed by atoms with Gasteiger partial charge in [0.2, 0.25) is 0 Å². The number of benzene rings is 1. The molecule has 0 aliphatic heterocycles. The van der Waals surface area contributed by atoms with Crippen LogP contribution in [0.4, 0.5) is 0 Å². The third-order valence-electron chi connectivity index (χ3n) is 4.90. The van der Waals surface area contributed by atoms with Gasteiger partial charge in [-0.25, -0.2) is 0 Å². The predicted octanol–water partition coefficient (Wildman–Crippen LogP) is 3.82. The summed E-state index contributed by atoms with van der Waals surface area (Å²) in [6, 6.07) is 4.20. The summed E-state index contributed by atoms with van der Waals surface area (Å²) in [5, 5.41) is 0. The van der Waals surface area contributed by atoms with Crippen LogP contribution in [-0.2, 0) is 0 Å². The summed E-state index contributed by atoms with van der Waals surface area (Å²) >= 11 is 0.